The maximum absolute atomic E-state index is 3.50. The molecule has 0 spiro atoms. The zero-order valence-corrected chi connectivity index (χ0v) is 14.0. The molecule has 1 aliphatic rings. The summed E-state index contributed by atoms with van der Waals surface area (Å²) in [7, 11) is 0. The minimum absolute atomic E-state index is 0.940. The number of nitrogens with zero attached hydrogens (tertiary/aromatic N) is 2. The van der Waals surface area contributed by atoms with Crippen LogP contribution in [0.15, 0.2) is 65.3 Å². The highest BCUT2D eigenvalue weighted by atomic mass is 79.9. The van der Waals surface area contributed by atoms with Crippen molar-refractivity contribution < 1.29 is 4.57 Å². The molecule has 3 aromatic rings. The van der Waals surface area contributed by atoms with Crippen LogP contribution < -0.4 is 4.57 Å². The van der Waals surface area contributed by atoms with Crippen molar-refractivity contribution in [3.05, 3.63) is 76.7 Å². The van der Waals surface area contributed by atoms with Crippen molar-refractivity contribution in [1.82, 2.24) is 4.57 Å². The van der Waals surface area contributed by atoms with E-state index in [9.17, 15) is 0 Å². The second-order valence-corrected chi connectivity index (χ2v) is 6.72. The largest absolute Gasteiger partial charge is 0.257 e. The lowest BCUT2D eigenvalue weighted by Gasteiger charge is -2.00. The Labute approximate surface area is 139 Å². The van der Waals surface area contributed by atoms with Crippen molar-refractivity contribution in [3.8, 4) is 11.3 Å². The predicted molar refractivity (Wildman–Crippen MR) is 91.6 cm³/mol. The highest BCUT2D eigenvalue weighted by Gasteiger charge is 2.28. The molecule has 4 rings (SSSR count). The number of aromatic nitrogens is 2. The SMILES string of the molecule is Brc1ccc(C[n+]2cc(-c3ccccc3)n3c2CCC3)cc1. The molecule has 0 aliphatic carbocycles. The van der Waals surface area contributed by atoms with Crippen LogP contribution in [0.25, 0.3) is 11.3 Å². The Kier molecular flexibility index (Phi) is 3.59. The fourth-order valence-electron chi connectivity index (χ4n) is 3.27. The molecule has 0 atom stereocenters. The van der Waals surface area contributed by atoms with Crippen LogP contribution in [0.4, 0.5) is 0 Å². The van der Waals surface area contributed by atoms with Crippen LogP contribution >= 0.6 is 15.9 Å². The molecule has 0 radical (unpaired) electrons. The lowest BCUT2D eigenvalue weighted by molar-refractivity contribution is -0.694. The number of fused-ring (bicyclic) bond motifs is 1. The Morgan fingerprint density at radius 1 is 1.00 bits per heavy atom. The van der Waals surface area contributed by atoms with Crippen LogP contribution in [-0.2, 0) is 19.5 Å². The fraction of sp³-hybridized carbons (Fsp3) is 0.211. The maximum atomic E-state index is 3.50. The molecular weight excluding hydrogens is 336 g/mol. The molecule has 2 nitrogen and oxygen atoms in total. The first-order valence-electron chi connectivity index (χ1n) is 7.73. The Morgan fingerprint density at radius 2 is 1.77 bits per heavy atom. The van der Waals surface area contributed by atoms with Crippen molar-refractivity contribution in [3.63, 3.8) is 0 Å². The molecule has 3 heteroatoms. The van der Waals surface area contributed by atoms with E-state index in [-0.39, 0.29) is 0 Å². The molecule has 0 fully saturated rings. The first-order chi connectivity index (χ1) is 10.8. The summed E-state index contributed by atoms with van der Waals surface area (Å²) in [6.45, 7) is 2.07. The molecule has 0 bridgehead atoms. The van der Waals surface area contributed by atoms with Crippen molar-refractivity contribution in [2.75, 3.05) is 0 Å². The van der Waals surface area contributed by atoms with Gasteiger partial charge in [-0.25, -0.2) is 9.13 Å². The standard InChI is InChI=1S/C19H18BrN2/c20-17-10-8-15(9-11-17)13-21-14-18(16-5-2-1-3-6-16)22-12-4-7-19(21)22/h1-3,5-6,8-11,14H,4,7,12-13H2/q+1. The Bertz CT molecular complexity index is 788. The number of halogens is 1. The van der Waals surface area contributed by atoms with Crippen molar-refractivity contribution in [1.29, 1.82) is 0 Å². The van der Waals surface area contributed by atoms with Crippen LogP contribution in [0, 0.1) is 0 Å². The topological polar surface area (TPSA) is 8.81 Å². The van der Waals surface area contributed by atoms with Crippen LogP contribution in [0.5, 0.6) is 0 Å². The van der Waals surface area contributed by atoms with Gasteiger partial charge in [-0.15, -0.1) is 0 Å². The van der Waals surface area contributed by atoms with Gasteiger partial charge in [0.1, 0.15) is 12.7 Å². The average molecular weight is 354 g/mol. The summed E-state index contributed by atoms with van der Waals surface area (Å²) >= 11 is 3.50. The van der Waals surface area contributed by atoms with E-state index in [1.807, 2.05) is 0 Å². The van der Waals surface area contributed by atoms with E-state index < -0.39 is 0 Å². The second kappa shape index (κ2) is 5.73. The highest BCUT2D eigenvalue weighted by Crippen LogP contribution is 2.24. The average Bonchev–Trinajstić information content (AvgIpc) is 3.14. The molecule has 0 saturated heterocycles. The minimum atomic E-state index is 0.940. The normalized spacial score (nSPS) is 13.3. The molecular formula is C19H18BrN2+. The Morgan fingerprint density at radius 3 is 2.55 bits per heavy atom. The second-order valence-electron chi connectivity index (χ2n) is 5.81. The van der Waals surface area contributed by atoms with E-state index in [4.69, 9.17) is 0 Å². The van der Waals surface area contributed by atoms with Gasteiger partial charge < -0.3 is 0 Å². The number of rotatable bonds is 3. The van der Waals surface area contributed by atoms with Gasteiger partial charge in [-0.05, 0) is 24.1 Å². The smallest absolute Gasteiger partial charge is 0.229 e. The third-order valence-electron chi connectivity index (χ3n) is 4.33. The van der Waals surface area contributed by atoms with E-state index >= 15 is 0 Å². The lowest BCUT2D eigenvalue weighted by atomic mass is 10.1. The van der Waals surface area contributed by atoms with Crippen LogP contribution in [-0.4, -0.2) is 4.57 Å². The van der Waals surface area contributed by atoms with Gasteiger partial charge in [-0.3, -0.25) is 0 Å². The van der Waals surface area contributed by atoms with E-state index in [1.54, 1.807) is 0 Å². The summed E-state index contributed by atoms with van der Waals surface area (Å²) in [5.41, 5.74) is 3.98. The third kappa shape index (κ3) is 2.50. The summed E-state index contributed by atoms with van der Waals surface area (Å²) in [5.74, 6) is 1.45. The zero-order chi connectivity index (χ0) is 14.9. The molecule has 1 aliphatic heterocycles. The first-order valence-corrected chi connectivity index (χ1v) is 8.52. The molecule has 2 heterocycles. The van der Waals surface area contributed by atoms with Gasteiger partial charge in [0.25, 0.3) is 5.82 Å². The molecule has 0 unspecified atom stereocenters. The van der Waals surface area contributed by atoms with Crippen molar-refractivity contribution in [2.24, 2.45) is 0 Å². The van der Waals surface area contributed by atoms with Gasteiger partial charge in [0, 0.05) is 10.0 Å². The molecule has 1 aromatic heterocycles. The first kappa shape index (κ1) is 13.8. The molecule has 110 valence electrons. The Hall–Kier alpha value is -1.87. The molecule has 2 aromatic carbocycles. The summed E-state index contributed by atoms with van der Waals surface area (Å²) in [4.78, 5) is 0. The van der Waals surface area contributed by atoms with E-state index in [0.29, 0.717) is 0 Å². The molecule has 22 heavy (non-hydrogen) atoms. The number of hydrogen-bond acceptors (Lipinski definition) is 0. The van der Waals surface area contributed by atoms with Crippen LogP contribution in [0.3, 0.4) is 0 Å². The quantitative estimate of drug-likeness (QED) is 0.624. The molecule has 0 saturated carbocycles. The zero-order valence-electron chi connectivity index (χ0n) is 12.4. The predicted octanol–water partition coefficient (Wildman–Crippen LogP) is 4.20. The minimum Gasteiger partial charge on any atom is -0.229 e. The van der Waals surface area contributed by atoms with Gasteiger partial charge in [0.05, 0.1) is 13.0 Å². The van der Waals surface area contributed by atoms with E-state index in [2.05, 4.69) is 85.9 Å². The number of hydrogen-bond donors (Lipinski definition) is 0. The summed E-state index contributed by atoms with van der Waals surface area (Å²) in [6.07, 6.45) is 4.73. The van der Waals surface area contributed by atoms with Gasteiger partial charge in [0.15, 0.2) is 5.69 Å². The number of benzene rings is 2. The third-order valence-corrected chi connectivity index (χ3v) is 4.86. The van der Waals surface area contributed by atoms with Crippen molar-refractivity contribution >= 4 is 15.9 Å². The van der Waals surface area contributed by atoms with Gasteiger partial charge in [-0.2, -0.15) is 0 Å². The van der Waals surface area contributed by atoms with Gasteiger partial charge in [-0.1, -0.05) is 58.4 Å². The van der Waals surface area contributed by atoms with Gasteiger partial charge in [0.2, 0.25) is 0 Å². The van der Waals surface area contributed by atoms with E-state index in [0.717, 1.165) is 17.6 Å². The Balaban J connectivity index is 1.73. The number of imidazole rings is 1. The summed E-state index contributed by atoms with van der Waals surface area (Å²) in [6, 6.07) is 19.3. The van der Waals surface area contributed by atoms with Crippen LogP contribution in [0.1, 0.15) is 17.8 Å². The maximum Gasteiger partial charge on any atom is 0.257 e. The van der Waals surface area contributed by atoms with E-state index in [1.165, 1.54) is 35.5 Å². The van der Waals surface area contributed by atoms with Crippen LogP contribution in [0.2, 0.25) is 0 Å². The lowest BCUT2D eigenvalue weighted by Crippen LogP contribution is -2.36. The monoisotopic (exact) mass is 353 g/mol. The van der Waals surface area contributed by atoms with Gasteiger partial charge >= 0.3 is 0 Å². The summed E-state index contributed by atoms with van der Waals surface area (Å²) < 4.78 is 6.03. The molecule has 0 N–H and O–H groups in total. The van der Waals surface area contributed by atoms with Crippen molar-refractivity contribution in [2.45, 2.75) is 25.9 Å². The summed E-state index contributed by atoms with van der Waals surface area (Å²) in [5, 5.41) is 0. The fourth-order valence-corrected chi connectivity index (χ4v) is 3.54. The highest BCUT2D eigenvalue weighted by molar-refractivity contribution is 9.10. The molecule has 0 amide bonds.